The number of phenolic OH excluding ortho intramolecular Hbond substituents is 1. The molecule has 0 radical (unpaired) electrons. The Bertz CT molecular complexity index is 810. The second-order valence-corrected chi connectivity index (χ2v) is 4.93. The molecular formula is C17H14N2O4. The number of ether oxygens (including phenoxy) is 1. The number of nitrogens with one attached hydrogen (secondary N) is 2. The van der Waals surface area contributed by atoms with Gasteiger partial charge >= 0.3 is 0 Å². The first-order valence-electron chi connectivity index (χ1n) is 6.89. The molecule has 6 heteroatoms. The van der Waals surface area contributed by atoms with E-state index in [4.69, 9.17) is 4.74 Å². The third-order valence-electron chi connectivity index (χ3n) is 3.44. The number of methoxy groups -OCH3 is 1. The Morgan fingerprint density at radius 2 is 1.87 bits per heavy atom. The number of hydrogen-bond donors (Lipinski definition) is 3. The van der Waals surface area contributed by atoms with E-state index < -0.39 is 5.91 Å². The number of rotatable bonds is 3. The fraction of sp³-hybridized carbons (Fsp3) is 0.0588. The van der Waals surface area contributed by atoms with Gasteiger partial charge < -0.3 is 20.5 Å². The zero-order valence-electron chi connectivity index (χ0n) is 12.3. The number of aromatic hydroxyl groups is 1. The predicted octanol–water partition coefficient (Wildman–Crippen LogP) is 2.53. The van der Waals surface area contributed by atoms with Crippen LogP contribution in [0, 0.1) is 0 Å². The molecule has 0 atom stereocenters. The van der Waals surface area contributed by atoms with E-state index in [1.54, 1.807) is 43.5 Å². The Balaban J connectivity index is 1.88. The van der Waals surface area contributed by atoms with Gasteiger partial charge in [-0.1, -0.05) is 6.07 Å². The summed E-state index contributed by atoms with van der Waals surface area (Å²) >= 11 is 0. The molecule has 23 heavy (non-hydrogen) atoms. The standard InChI is InChI=1S/C17H14N2O4/c1-23-11-7-5-10(6-8-11)15(21)9-13-17(22)19-12-3-2-4-14(20)16(12)18-13/h2-9,18,20H,1H3,(H,19,22). The van der Waals surface area contributed by atoms with Crippen molar-refractivity contribution in [2.45, 2.75) is 0 Å². The molecule has 2 aromatic carbocycles. The van der Waals surface area contributed by atoms with Gasteiger partial charge in [-0.2, -0.15) is 0 Å². The van der Waals surface area contributed by atoms with Gasteiger partial charge in [0, 0.05) is 11.6 Å². The molecule has 0 aromatic heterocycles. The molecule has 3 N–H and O–H groups in total. The summed E-state index contributed by atoms with van der Waals surface area (Å²) in [4.78, 5) is 24.3. The third-order valence-corrected chi connectivity index (χ3v) is 3.44. The second-order valence-electron chi connectivity index (χ2n) is 4.93. The Morgan fingerprint density at radius 3 is 2.57 bits per heavy atom. The van der Waals surface area contributed by atoms with Crippen LogP contribution in [-0.4, -0.2) is 23.9 Å². The van der Waals surface area contributed by atoms with Crippen LogP contribution in [0.15, 0.2) is 54.2 Å². The average Bonchev–Trinajstić information content (AvgIpc) is 2.56. The number of carbonyl (C=O) groups is 2. The van der Waals surface area contributed by atoms with E-state index in [0.29, 0.717) is 22.7 Å². The first-order valence-corrected chi connectivity index (χ1v) is 6.89. The molecule has 0 spiro atoms. The Kier molecular flexibility index (Phi) is 3.72. The maximum absolute atomic E-state index is 12.3. The predicted molar refractivity (Wildman–Crippen MR) is 85.8 cm³/mol. The van der Waals surface area contributed by atoms with Gasteiger partial charge in [-0.05, 0) is 36.4 Å². The molecule has 0 saturated carbocycles. The largest absolute Gasteiger partial charge is 0.506 e. The summed E-state index contributed by atoms with van der Waals surface area (Å²) in [6.07, 6.45) is 1.20. The van der Waals surface area contributed by atoms with E-state index in [1.165, 1.54) is 12.1 Å². The van der Waals surface area contributed by atoms with Gasteiger partial charge in [0.15, 0.2) is 5.78 Å². The number of amides is 1. The molecule has 0 fully saturated rings. The lowest BCUT2D eigenvalue weighted by Crippen LogP contribution is -2.26. The van der Waals surface area contributed by atoms with Crippen LogP contribution in [0.1, 0.15) is 10.4 Å². The molecular weight excluding hydrogens is 296 g/mol. The van der Waals surface area contributed by atoms with E-state index in [0.717, 1.165) is 0 Å². The van der Waals surface area contributed by atoms with Crippen molar-refractivity contribution in [1.29, 1.82) is 0 Å². The van der Waals surface area contributed by atoms with Crippen LogP contribution in [0.3, 0.4) is 0 Å². The fourth-order valence-electron chi connectivity index (χ4n) is 2.23. The maximum Gasteiger partial charge on any atom is 0.272 e. The molecule has 1 aliphatic heterocycles. The van der Waals surface area contributed by atoms with Crippen LogP contribution >= 0.6 is 0 Å². The topological polar surface area (TPSA) is 87.7 Å². The van der Waals surface area contributed by atoms with Crippen molar-refractivity contribution in [3.05, 3.63) is 59.8 Å². The lowest BCUT2D eigenvalue weighted by atomic mass is 10.1. The highest BCUT2D eigenvalue weighted by molar-refractivity contribution is 6.17. The molecule has 3 rings (SSSR count). The van der Waals surface area contributed by atoms with Crippen molar-refractivity contribution in [3.63, 3.8) is 0 Å². The zero-order valence-corrected chi connectivity index (χ0v) is 12.3. The van der Waals surface area contributed by atoms with Crippen LogP contribution in [0.5, 0.6) is 11.5 Å². The van der Waals surface area contributed by atoms with Gasteiger partial charge in [-0.3, -0.25) is 9.59 Å². The van der Waals surface area contributed by atoms with E-state index in [1.807, 2.05) is 0 Å². The molecule has 1 aliphatic rings. The van der Waals surface area contributed by atoms with Crippen LogP contribution in [0.2, 0.25) is 0 Å². The first-order chi connectivity index (χ1) is 11.1. The summed E-state index contributed by atoms with van der Waals surface area (Å²) < 4.78 is 5.04. The minimum absolute atomic E-state index is 0.00898. The van der Waals surface area contributed by atoms with Gasteiger partial charge in [-0.25, -0.2) is 0 Å². The van der Waals surface area contributed by atoms with Gasteiger partial charge in [0.25, 0.3) is 5.91 Å². The molecule has 0 aliphatic carbocycles. The molecule has 116 valence electrons. The Morgan fingerprint density at radius 1 is 1.13 bits per heavy atom. The van der Waals surface area contributed by atoms with Crippen LogP contribution in [0.25, 0.3) is 0 Å². The average molecular weight is 310 g/mol. The number of anilines is 2. The highest BCUT2D eigenvalue weighted by Gasteiger charge is 2.22. The lowest BCUT2D eigenvalue weighted by molar-refractivity contribution is -0.112. The van der Waals surface area contributed by atoms with Gasteiger partial charge in [0.2, 0.25) is 0 Å². The van der Waals surface area contributed by atoms with E-state index in [2.05, 4.69) is 10.6 Å². The van der Waals surface area contributed by atoms with Crippen LogP contribution in [-0.2, 0) is 4.79 Å². The molecule has 0 saturated heterocycles. The van der Waals surface area contributed by atoms with Crippen molar-refractivity contribution in [1.82, 2.24) is 0 Å². The zero-order chi connectivity index (χ0) is 16.4. The van der Waals surface area contributed by atoms with Gasteiger partial charge in [-0.15, -0.1) is 0 Å². The number of phenols is 1. The summed E-state index contributed by atoms with van der Waals surface area (Å²) in [7, 11) is 1.54. The third kappa shape index (κ3) is 2.87. The number of para-hydroxylation sites is 1. The Hall–Kier alpha value is -3.28. The smallest absolute Gasteiger partial charge is 0.272 e. The van der Waals surface area contributed by atoms with E-state index in [9.17, 15) is 14.7 Å². The van der Waals surface area contributed by atoms with Crippen molar-refractivity contribution in [2.24, 2.45) is 0 Å². The number of benzene rings is 2. The van der Waals surface area contributed by atoms with Crippen molar-refractivity contribution in [3.8, 4) is 11.5 Å². The summed E-state index contributed by atoms with van der Waals surface area (Å²) in [6.45, 7) is 0. The van der Waals surface area contributed by atoms with Gasteiger partial charge in [0.05, 0.1) is 12.8 Å². The van der Waals surface area contributed by atoms with E-state index >= 15 is 0 Å². The Labute approximate surface area is 132 Å². The number of carbonyl (C=O) groups excluding carboxylic acids is 2. The maximum atomic E-state index is 12.3. The first kappa shape index (κ1) is 14.6. The molecule has 0 unspecified atom stereocenters. The minimum atomic E-state index is -0.440. The molecule has 2 aromatic rings. The molecule has 6 nitrogen and oxygen atoms in total. The summed E-state index contributed by atoms with van der Waals surface area (Å²) in [6, 6.07) is 11.3. The second kappa shape index (κ2) is 5.84. The molecule has 0 bridgehead atoms. The fourth-order valence-corrected chi connectivity index (χ4v) is 2.23. The quantitative estimate of drug-likeness (QED) is 0.461. The summed E-state index contributed by atoms with van der Waals surface area (Å²) in [5, 5.41) is 15.2. The van der Waals surface area contributed by atoms with Crippen molar-refractivity contribution >= 4 is 23.1 Å². The SMILES string of the molecule is COc1ccc(C(=O)C=C2Nc3c(O)cccc3NC2=O)cc1. The van der Waals surface area contributed by atoms with Crippen molar-refractivity contribution in [2.75, 3.05) is 17.7 Å². The van der Waals surface area contributed by atoms with Crippen LogP contribution < -0.4 is 15.4 Å². The number of fused-ring (bicyclic) bond motifs is 1. The highest BCUT2D eigenvalue weighted by Crippen LogP contribution is 2.35. The molecule has 1 amide bonds. The highest BCUT2D eigenvalue weighted by atomic mass is 16.5. The summed E-state index contributed by atoms with van der Waals surface area (Å²) in [5.74, 6) is -0.138. The number of hydrogen-bond acceptors (Lipinski definition) is 5. The van der Waals surface area contributed by atoms with Crippen molar-refractivity contribution < 1.29 is 19.4 Å². The molecule has 1 heterocycles. The van der Waals surface area contributed by atoms with Crippen LogP contribution in [0.4, 0.5) is 11.4 Å². The summed E-state index contributed by atoms with van der Waals surface area (Å²) in [5.41, 5.74) is 1.32. The number of ketones is 1. The lowest BCUT2D eigenvalue weighted by Gasteiger charge is -2.21. The van der Waals surface area contributed by atoms with Gasteiger partial charge in [0.1, 0.15) is 22.9 Å². The number of allylic oxidation sites excluding steroid dienone is 1. The minimum Gasteiger partial charge on any atom is -0.506 e. The normalized spacial score (nSPS) is 14.7. The van der Waals surface area contributed by atoms with E-state index in [-0.39, 0.29) is 17.2 Å². The monoisotopic (exact) mass is 310 g/mol.